The van der Waals surface area contributed by atoms with E-state index in [2.05, 4.69) is 5.32 Å². The maximum absolute atomic E-state index is 6.00. The zero-order valence-corrected chi connectivity index (χ0v) is 12.3. The summed E-state index contributed by atoms with van der Waals surface area (Å²) in [5.41, 5.74) is 0.946. The van der Waals surface area contributed by atoms with Crippen molar-refractivity contribution in [2.24, 2.45) is 0 Å². The van der Waals surface area contributed by atoms with Crippen molar-refractivity contribution in [1.82, 2.24) is 0 Å². The van der Waals surface area contributed by atoms with E-state index < -0.39 is 0 Å². The summed E-state index contributed by atoms with van der Waals surface area (Å²) >= 11 is 17.9. The van der Waals surface area contributed by atoms with Crippen LogP contribution in [0.3, 0.4) is 0 Å². The lowest BCUT2D eigenvalue weighted by Crippen LogP contribution is -2.11. The number of ether oxygens (including phenoxy) is 1. The number of anilines is 1. The topological polar surface area (TPSA) is 21.3 Å². The van der Waals surface area contributed by atoms with E-state index in [9.17, 15) is 0 Å². The highest BCUT2D eigenvalue weighted by atomic mass is 35.5. The van der Waals surface area contributed by atoms with Gasteiger partial charge in [-0.3, -0.25) is 0 Å². The first kappa shape index (κ1) is 14.3. The van der Waals surface area contributed by atoms with E-state index in [1.54, 1.807) is 18.2 Å². The van der Waals surface area contributed by atoms with Gasteiger partial charge in [-0.1, -0.05) is 46.9 Å². The third kappa shape index (κ3) is 4.20. The molecule has 0 aliphatic rings. The van der Waals surface area contributed by atoms with Gasteiger partial charge in [-0.15, -0.1) is 0 Å². The molecule has 0 saturated carbocycles. The fourth-order valence-corrected chi connectivity index (χ4v) is 2.26. The summed E-state index contributed by atoms with van der Waals surface area (Å²) in [6.45, 7) is 1.08. The number of benzene rings is 2. The van der Waals surface area contributed by atoms with Crippen LogP contribution in [0.2, 0.25) is 15.1 Å². The summed E-state index contributed by atoms with van der Waals surface area (Å²) in [5, 5.41) is 4.91. The Kier molecular flexibility index (Phi) is 5.20. The monoisotopic (exact) mass is 315 g/mol. The quantitative estimate of drug-likeness (QED) is 0.771. The highest BCUT2D eigenvalue weighted by Crippen LogP contribution is 2.32. The molecular weight excluding hydrogens is 305 g/mol. The zero-order chi connectivity index (χ0) is 13.7. The summed E-state index contributed by atoms with van der Waals surface area (Å²) in [6.07, 6.45) is 0. The Bertz CT molecular complexity index is 540. The summed E-state index contributed by atoms with van der Waals surface area (Å²) in [7, 11) is 0. The fraction of sp³-hybridized carbons (Fsp3) is 0.143. The second-order valence-corrected chi connectivity index (χ2v) is 5.09. The maximum Gasteiger partial charge on any atom is 0.156 e. The van der Waals surface area contributed by atoms with Crippen LogP contribution in [0.5, 0.6) is 5.75 Å². The van der Waals surface area contributed by atoms with Crippen molar-refractivity contribution in [3.8, 4) is 5.75 Å². The molecule has 2 rings (SSSR count). The first-order valence-electron chi connectivity index (χ1n) is 5.73. The lowest BCUT2D eigenvalue weighted by atomic mass is 10.3. The molecule has 0 aliphatic heterocycles. The van der Waals surface area contributed by atoms with Crippen molar-refractivity contribution in [3.05, 3.63) is 57.5 Å². The molecule has 1 N–H and O–H groups in total. The number of para-hydroxylation sites is 1. The lowest BCUT2D eigenvalue weighted by Gasteiger charge is -2.11. The van der Waals surface area contributed by atoms with Gasteiger partial charge in [-0.05, 0) is 30.3 Å². The molecule has 0 spiro atoms. The van der Waals surface area contributed by atoms with E-state index >= 15 is 0 Å². The van der Waals surface area contributed by atoms with Crippen molar-refractivity contribution >= 4 is 40.5 Å². The average Bonchev–Trinajstić information content (AvgIpc) is 2.37. The Morgan fingerprint density at radius 2 is 1.63 bits per heavy atom. The van der Waals surface area contributed by atoms with E-state index in [4.69, 9.17) is 39.5 Å². The van der Waals surface area contributed by atoms with Gasteiger partial charge in [-0.2, -0.15) is 0 Å². The highest BCUT2D eigenvalue weighted by molar-refractivity contribution is 6.37. The average molecular weight is 317 g/mol. The summed E-state index contributed by atoms with van der Waals surface area (Å²) in [4.78, 5) is 0. The summed E-state index contributed by atoms with van der Waals surface area (Å²) in [5.74, 6) is 0.513. The van der Waals surface area contributed by atoms with Gasteiger partial charge in [0.05, 0.1) is 10.0 Å². The van der Waals surface area contributed by atoms with E-state index in [1.807, 2.05) is 24.3 Å². The van der Waals surface area contributed by atoms with Gasteiger partial charge >= 0.3 is 0 Å². The third-order valence-corrected chi connectivity index (χ3v) is 3.25. The predicted molar refractivity (Wildman–Crippen MR) is 81.9 cm³/mol. The SMILES string of the molecule is Clc1cccc(NCCOc2c(Cl)cccc2Cl)c1. The molecule has 2 aromatic rings. The highest BCUT2D eigenvalue weighted by Gasteiger charge is 2.05. The number of hydrogen-bond donors (Lipinski definition) is 1. The number of nitrogens with one attached hydrogen (secondary N) is 1. The predicted octanol–water partition coefficient (Wildman–Crippen LogP) is 5.14. The minimum absolute atomic E-state index is 0.454. The molecule has 2 nitrogen and oxygen atoms in total. The Balaban J connectivity index is 1.84. The molecule has 0 unspecified atom stereocenters. The molecule has 2 aromatic carbocycles. The van der Waals surface area contributed by atoms with Crippen LogP contribution >= 0.6 is 34.8 Å². The smallest absolute Gasteiger partial charge is 0.156 e. The summed E-state index contributed by atoms with van der Waals surface area (Å²) in [6, 6.07) is 12.8. The first-order valence-corrected chi connectivity index (χ1v) is 6.86. The third-order valence-electron chi connectivity index (χ3n) is 2.42. The minimum atomic E-state index is 0.454. The largest absolute Gasteiger partial charge is 0.489 e. The van der Waals surface area contributed by atoms with Crippen molar-refractivity contribution in [2.75, 3.05) is 18.5 Å². The Hall–Kier alpha value is -1.09. The van der Waals surface area contributed by atoms with Crippen LogP contribution in [0.15, 0.2) is 42.5 Å². The molecule has 0 fully saturated rings. The van der Waals surface area contributed by atoms with Crippen LogP contribution in [-0.4, -0.2) is 13.2 Å². The van der Waals surface area contributed by atoms with Crippen molar-refractivity contribution in [1.29, 1.82) is 0 Å². The van der Waals surface area contributed by atoms with Crippen molar-refractivity contribution < 1.29 is 4.74 Å². The van der Waals surface area contributed by atoms with Gasteiger partial charge in [0, 0.05) is 17.3 Å². The van der Waals surface area contributed by atoms with Gasteiger partial charge < -0.3 is 10.1 Å². The lowest BCUT2D eigenvalue weighted by molar-refractivity contribution is 0.333. The second kappa shape index (κ2) is 6.90. The molecule has 0 aliphatic carbocycles. The van der Waals surface area contributed by atoms with Crippen LogP contribution in [0.25, 0.3) is 0 Å². The molecule has 0 aromatic heterocycles. The van der Waals surface area contributed by atoms with E-state index in [0.717, 1.165) is 5.69 Å². The fourth-order valence-electron chi connectivity index (χ4n) is 1.57. The van der Waals surface area contributed by atoms with Gasteiger partial charge in [0.1, 0.15) is 6.61 Å². The van der Waals surface area contributed by atoms with Crippen LogP contribution < -0.4 is 10.1 Å². The van der Waals surface area contributed by atoms with Crippen LogP contribution in [0.4, 0.5) is 5.69 Å². The summed E-state index contributed by atoms with van der Waals surface area (Å²) < 4.78 is 5.56. The second-order valence-electron chi connectivity index (χ2n) is 3.84. The molecule has 0 atom stereocenters. The Labute approximate surface area is 127 Å². The molecule has 0 heterocycles. The van der Waals surface area contributed by atoms with Crippen LogP contribution in [0, 0.1) is 0 Å². The number of hydrogen-bond acceptors (Lipinski definition) is 2. The van der Waals surface area contributed by atoms with Crippen molar-refractivity contribution in [3.63, 3.8) is 0 Å². The van der Waals surface area contributed by atoms with Gasteiger partial charge in [-0.25, -0.2) is 0 Å². The number of halogens is 3. The maximum atomic E-state index is 6.00. The van der Waals surface area contributed by atoms with Gasteiger partial charge in [0.2, 0.25) is 0 Å². The molecule has 0 radical (unpaired) electrons. The van der Waals surface area contributed by atoms with Gasteiger partial charge in [0.25, 0.3) is 0 Å². The first-order chi connectivity index (χ1) is 9.16. The molecular formula is C14H12Cl3NO. The molecule has 100 valence electrons. The van der Waals surface area contributed by atoms with E-state index in [-0.39, 0.29) is 0 Å². The van der Waals surface area contributed by atoms with Crippen LogP contribution in [0.1, 0.15) is 0 Å². The normalized spacial score (nSPS) is 10.3. The Morgan fingerprint density at radius 3 is 2.32 bits per heavy atom. The van der Waals surface area contributed by atoms with E-state index in [0.29, 0.717) is 34.0 Å². The molecule has 0 saturated heterocycles. The van der Waals surface area contributed by atoms with E-state index in [1.165, 1.54) is 0 Å². The standard InChI is InChI=1S/C14H12Cl3NO/c15-10-3-1-4-11(9-10)18-7-8-19-14-12(16)5-2-6-13(14)17/h1-6,9,18H,7-8H2. The molecule has 0 bridgehead atoms. The molecule has 5 heteroatoms. The van der Waals surface area contributed by atoms with Crippen molar-refractivity contribution in [2.45, 2.75) is 0 Å². The van der Waals surface area contributed by atoms with Gasteiger partial charge in [0.15, 0.2) is 5.75 Å². The zero-order valence-electron chi connectivity index (χ0n) is 10.00. The number of rotatable bonds is 5. The van der Waals surface area contributed by atoms with Crippen LogP contribution in [-0.2, 0) is 0 Å². The molecule has 19 heavy (non-hydrogen) atoms. The molecule has 0 amide bonds. The Morgan fingerprint density at radius 1 is 0.947 bits per heavy atom. The minimum Gasteiger partial charge on any atom is -0.489 e.